The van der Waals surface area contributed by atoms with Gasteiger partial charge in [0.25, 0.3) is 5.91 Å². The smallest absolute Gasteiger partial charge is 0.268 e. The van der Waals surface area contributed by atoms with Crippen LogP contribution in [0.1, 0.15) is 28.9 Å². The predicted molar refractivity (Wildman–Crippen MR) is 136 cm³/mol. The van der Waals surface area contributed by atoms with Gasteiger partial charge in [0.05, 0.1) is 17.8 Å². The van der Waals surface area contributed by atoms with Crippen molar-refractivity contribution in [3.8, 4) is 0 Å². The first-order valence-corrected chi connectivity index (χ1v) is 12.0. The first-order valence-electron chi connectivity index (χ1n) is 12.0. The highest BCUT2D eigenvalue weighted by molar-refractivity contribution is 5.98. The molecule has 0 saturated carbocycles. The zero-order valence-corrected chi connectivity index (χ0v) is 20.1. The molecule has 2 aromatic carbocycles. The van der Waals surface area contributed by atoms with E-state index < -0.39 is 29.6 Å². The highest BCUT2D eigenvalue weighted by atomic mass is 19.2. The number of halogens is 2. The maximum absolute atomic E-state index is 13.9. The van der Waals surface area contributed by atoms with Gasteiger partial charge in [0, 0.05) is 29.4 Å². The summed E-state index contributed by atoms with van der Waals surface area (Å²) in [4.78, 5) is 50.7. The van der Waals surface area contributed by atoms with Crippen LogP contribution in [0, 0.1) is 17.6 Å². The van der Waals surface area contributed by atoms with Crippen molar-refractivity contribution in [2.75, 3.05) is 6.54 Å². The van der Waals surface area contributed by atoms with Crippen LogP contribution in [-0.4, -0.2) is 47.3 Å². The third-order valence-electron chi connectivity index (χ3n) is 6.44. The SMILES string of the molecule is O=C=CC(C[C@@H]1CCNC1=C=O)NC(=C=O)C(Cc1ccc(F)c(F)c1)NC(=O)c1cc2ccccc2[nH]1. The van der Waals surface area contributed by atoms with Crippen LogP contribution in [0.3, 0.4) is 0 Å². The molecule has 3 aromatic rings. The summed E-state index contributed by atoms with van der Waals surface area (Å²) in [5.41, 5.74) is 1.54. The number of benzene rings is 2. The second-order valence-electron chi connectivity index (χ2n) is 8.96. The van der Waals surface area contributed by atoms with Crippen molar-refractivity contribution < 1.29 is 28.0 Å². The summed E-state index contributed by atoms with van der Waals surface area (Å²) in [5, 5.41) is 9.40. The lowest BCUT2D eigenvalue weighted by Gasteiger charge is -2.25. The van der Waals surface area contributed by atoms with E-state index in [1.165, 1.54) is 12.1 Å². The summed E-state index contributed by atoms with van der Waals surface area (Å²) in [6.45, 7) is 0.572. The lowest BCUT2D eigenvalue weighted by atomic mass is 9.95. The quantitative estimate of drug-likeness (QED) is 0.306. The number of nitrogens with one attached hydrogen (secondary N) is 4. The fourth-order valence-corrected chi connectivity index (χ4v) is 4.54. The van der Waals surface area contributed by atoms with E-state index in [-0.39, 0.29) is 30.2 Å². The first-order chi connectivity index (χ1) is 18.4. The molecule has 1 aromatic heterocycles. The zero-order valence-electron chi connectivity index (χ0n) is 20.1. The molecule has 0 aliphatic carbocycles. The van der Waals surface area contributed by atoms with Crippen molar-refractivity contribution >= 4 is 34.6 Å². The van der Waals surface area contributed by atoms with E-state index in [2.05, 4.69) is 20.9 Å². The van der Waals surface area contributed by atoms with Gasteiger partial charge in [0.2, 0.25) is 0 Å². The fourth-order valence-electron chi connectivity index (χ4n) is 4.54. The topological polar surface area (TPSA) is 120 Å². The number of rotatable bonds is 10. The van der Waals surface area contributed by atoms with Gasteiger partial charge in [-0.3, -0.25) is 4.79 Å². The fraction of sp³-hybridized carbons (Fsp3) is 0.250. The summed E-state index contributed by atoms with van der Waals surface area (Å²) >= 11 is 0. The summed E-state index contributed by atoms with van der Waals surface area (Å²) in [6, 6.07) is 10.4. The molecule has 4 rings (SSSR count). The van der Waals surface area contributed by atoms with Gasteiger partial charge in [-0.15, -0.1) is 0 Å². The molecule has 0 radical (unpaired) electrons. The molecule has 1 amide bonds. The summed E-state index contributed by atoms with van der Waals surface area (Å²) in [5.74, 6) is 2.46. The van der Waals surface area contributed by atoms with Gasteiger partial charge in [-0.2, -0.15) is 0 Å². The van der Waals surface area contributed by atoms with Gasteiger partial charge >= 0.3 is 0 Å². The third kappa shape index (κ3) is 6.14. The molecule has 0 spiro atoms. The number of carbonyl (C=O) groups is 1. The second kappa shape index (κ2) is 12.0. The van der Waals surface area contributed by atoms with E-state index in [1.807, 2.05) is 24.1 Å². The Labute approximate surface area is 216 Å². The van der Waals surface area contributed by atoms with E-state index in [9.17, 15) is 28.0 Å². The molecule has 38 heavy (non-hydrogen) atoms. The van der Waals surface area contributed by atoms with Crippen LogP contribution in [0.25, 0.3) is 10.9 Å². The Bertz CT molecular complexity index is 1460. The maximum atomic E-state index is 13.9. The number of carbonyl (C=O) groups excluding carboxylic acids is 4. The number of para-hydroxylation sites is 1. The Kier molecular flexibility index (Phi) is 8.31. The van der Waals surface area contributed by atoms with Crippen molar-refractivity contribution in [2.45, 2.75) is 31.3 Å². The molecule has 10 heteroatoms. The summed E-state index contributed by atoms with van der Waals surface area (Å²) < 4.78 is 27.4. The molecule has 3 atom stereocenters. The monoisotopic (exact) mass is 518 g/mol. The number of amides is 1. The van der Waals surface area contributed by atoms with E-state index in [0.29, 0.717) is 24.2 Å². The summed E-state index contributed by atoms with van der Waals surface area (Å²) in [7, 11) is 0. The van der Waals surface area contributed by atoms with Gasteiger partial charge in [-0.05, 0) is 49.1 Å². The summed E-state index contributed by atoms with van der Waals surface area (Å²) in [6.07, 6.45) is 1.99. The largest absolute Gasteiger partial charge is 0.379 e. The molecular weight excluding hydrogens is 494 g/mol. The average molecular weight is 519 g/mol. The molecule has 4 N–H and O–H groups in total. The minimum absolute atomic E-state index is 0.0806. The van der Waals surface area contributed by atoms with Crippen molar-refractivity contribution in [1.29, 1.82) is 0 Å². The molecule has 8 nitrogen and oxygen atoms in total. The number of aromatic amines is 1. The Morgan fingerprint density at radius 2 is 1.89 bits per heavy atom. The molecule has 1 aliphatic rings. The normalized spacial score (nSPS) is 15.9. The van der Waals surface area contributed by atoms with Gasteiger partial charge < -0.3 is 20.9 Å². The Balaban J connectivity index is 1.60. The van der Waals surface area contributed by atoms with Gasteiger partial charge in [0.1, 0.15) is 29.2 Å². The lowest BCUT2D eigenvalue weighted by Crippen LogP contribution is -2.45. The van der Waals surface area contributed by atoms with Crippen LogP contribution in [0.5, 0.6) is 0 Å². The van der Waals surface area contributed by atoms with E-state index in [1.54, 1.807) is 24.0 Å². The van der Waals surface area contributed by atoms with Crippen LogP contribution in [0.15, 0.2) is 66.0 Å². The number of allylic oxidation sites excluding steroid dienone is 1. The van der Waals surface area contributed by atoms with E-state index in [0.717, 1.165) is 23.0 Å². The number of hydrogen-bond donors (Lipinski definition) is 4. The van der Waals surface area contributed by atoms with Crippen molar-refractivity contribution in [3.05, 3.63) is 88.9 Å². The number of H-pyrrole nitrogens is 1. The van der Waals surface area contributed by atoms with Crippen LogP contribution < -0.4 is 16.0 Å². The highest BCUT2D eigenvalue weighted by Gasteiger charge is 2.28. The molecule has 1 saturated heterocycles. The molecule has 2 unspecified atom stereocenters. The van der Waals surface area contributed by atoms with Crippen LogP contribution >= 0.6 is 0 Å². The number of aromatic nitrogens is 1. The predicted octanol–water partition coefficient (Wildman–Crippen LogP) is 2.56. The average Bonchev–Trinajstić information content (AvgIpc) is 3.55. The molecule has 0 bridgehead atoms. The molecule has 2 heterocycles. The number of hydrogen-bond acceptors (Lipinski definition) is 6. The standard InChI is InChI=1S/C28H24F2N4O4/c29-21-6-5-17(11-22(21)30)12-24(34-28(38)25-14-18-3-1-2-4-23(18)33-25)27(16-37)32-20(8-10-35)13-19-7-9-31-26(19)15-36/h1-6,8,11,14,19-20,24,31-33H,7,9,12-13H2,(H,34,38)/t19-,20?,24?/m0/s1. The molecular formula is C28H24F2N4O4. The molecule has 1 fully saturated rings. The highest BCUT2D eigenvalue weighted by Crippen LogP contribution is 2.23. The molecule has 1 aliphatic heterocycles. The number of fused-ring (bicyclic) bond motifs is 1. The van der Waals surface area contributed by atoms with Crippen molar-refractivity contribution in [1.82, 2.24) is 20.9 Å². The first kappa shape index (κ1) is 26.3. The Morgan fingerprint density at radius 3 is 2.61 bits per heavy atom. The van der Waals surface area contributed by atoms with Crippen LogP contribution in [0.2, 0.25) is 0 Å². The lowest BCUT2D eigenvalue weighted by molar-refractivity contribution is 0.0937. The van der Waals surface area contributed by atoms with Gasteiger partial charge in [-0.25, -0.2) is 23.2 Å². The van der Waals surface area contributed by atoms with Crippen LogP contribution in [0.4, 0.5) is 8.78 Å². The Hall–Kier alpha value is -4.74. The van der Waals surface area contributed by atoms with E-state index in [4.69, 9.17) is 0 Å². The maximum Gasteiger partial charge on any atom is 0.268 e. The zero-order chi connectivity index (χ0) is 27.1. The van der Waals surface area contributed by atoms with E-state index >= 15 is 0 Å². The second-order valence-corrected chi connectivity index (χ2v) is 8.96. The molecule has 194 valence electrons. The Morgan fingerprint density at radius 1 is 1.08 bits per heavy atom. The van der Waals surface area contributed by atoms with Crippen LogP contribution in [-0.2, 0) is 20.8 Å². The van der Waals surface area contributed by atoms with Gasteiger partial charge in [-0.1, -0.05) is 24.3 Å². The minimum Gasteiger partial charge on any atom is -0.379 e. The van der Waals surface area contributed by atoms with Crippen molar-refractivity contribution in [3.63, 3.8) is 0 Å². The van der Waals surface area contributed by atoms with Crippen molar-refractivity contribution in [2.24, 2.45) is 5.92 Å². The van der Waals surface area contributed by atoms with Gasteiger partial charge in [0.15, 0.2) is 11.6 Å². The minimum atomic E-state index is -1.07. The third-order valence-corrected chi connectivity index (χ3v) is 6.44.